The molecule has 0 aliphatic heterocycles. The number of aliphatic hydroxyl groups is 2. The van der Waals surface area contributed by atoms with E-state index in [1.165, 1.54) is 231 Å². The Bertz CT molecular complexity index is 1060. The first-order chi connectivity index (χ1) is 32.0. The van der Waals surface area contributed by atoms with Gasteiger partial charge < -0.3 is 20.3 Å². The second kappa shape index (κ2) is 54.7. The zero-order valence-electron chi connectivity index (χ0n) is 43.5. The number of aliphatic hydroxyl groups excluding tert-OH is 2. The molecule has 0 fully saturated rings. The molecule has 2 atom stereocenters. The zero-order chi connectivity index (χ0) is 47.2. The summed E-state index contributed by atoms with van der Waals surface area (Å²) in [5.74, 6) is -0.0704. The molecule has 1 amide bonds. The Morgan fingerprint density at radius 1 is 0.415 bits per heavy atom. The summed E-state index contributed by atoms with van der Waals surface area (Å²) in [5, 5.41) is 23.0. The van der Waals surface area contributed by atoms with Crippen LogP contribution in [0.25, 0.3) is 0 Å². The molecule has 382 valence electrons. The summed E-state index contributed by atoms with van der Waals surface area (Å²) in [6, 6.07) is -0.629. The normalized spacial score (nSPS) is 12.9. The van der Waals surface area contributed by atoms with E-state index in [-0.39, 0.29) is 18.5 Å². The molecule has 0 radical (unpaired) electrons. The van der Waals surface area contributed by atoms with Gasteiger partial charge in [-0.2, -0.15) is 0 Å². The van der Waals surface area contributed by atoms with Gasteiger partial charge in [0.25, 0.3) is 0 Å². The molecule has 0 aromatic heterocycles. The van der Waals surface area contributed by atoms with Gasteiger partial charge in [0.05, 0.1) is 25.4 Å². The van der Waals surface area contributed by atoms with Gasteiger partial charge in [0, 0.05) is 12.8 Å². The quantitative estimate of drug-likeness (QED) is 0.0321. The van der Waals surface area contributed by atoms with Crippen LogP contribution in [0.1, 0.15) is 303 Å². The SMILES string of the molecule is CCCC/C=C\CCCCCCCC(=O)OCCCCCCCCCCCCCC/C=C\CCCCCCCCCCCC(=O)NC(CO)C(O)/C=C/CCCCCCCCCCCC. The van der Waals surface area contributed by atoms with Crippen LogP contribution in [0, 0.1) is 0 Å². The lowest BCUT2D eigenvalue weighted by atomic mass is 10.0. The molecule has 0 bridgehead atoms. The molecular formula is C59H111NO5. The number of unbranched alkanes of at least 4 members (excludes halogenated alkanes) is 38. The van der Waals surface area contributed by atoms with Crippen LogP contribution in [0.5, 0.6) is 0 Å². The van der Waals surface area contributed by atoms with Gasteiger partial charge in [0.15, 0.2) is 0 Å². The van der Waals surface area contributed by atoms with Gasteiger partial charge in [-0.3, -0.25) is 9.59 Å². The van der Waals surface area contributed by atoms with Gasteiger partial charge >= 0.3 is 5.97 Å². The van der Waals surface area contributed by atoms with Gasteiger partial charge in [-0.1, -0.05) is 249 Å². The van der Waals surface area contributed by atoms with Crippen LogP contribution < -0.4 is 5.32 Å². The highest BCUT2D eigenvalue weighted by Crippen LogP contribution is 2.16. The first-order valence-corrected chi connectivity index (χ1v) is 28.8. The van der Waals surface area contributed by atoms with E-state index >= 15 is 0 Å². The fraction of sp³-hybridized carbons (Fsp3) is 0.864. The molecule has 6 heteroatoms. The first kappa shape index (κ1) is 63.1. The lowest BCUT2D eigenvalue weighted by Gasteiger charge is -2.20. The molecule has 0 spiro atoms. The van der Waals surface area contributed by atoms with Crippen molar-refractivity contribution in [3.8, 4) is 0 Å². The maximum Gasteiger partial charge on any atom is 0.305 e. The summed E-state index contributed by atoms with van der Waals surface area (Å²) in [6.07, 6.45) is 67.5. The van der Waals surface area contributed by atoms with Crippen LogP contribution in [0.15, 0.2) is 36.5 Å². The number of hydrogen-bond donors (Lipinski definition) is 3. The minimum absolute atomic E-state index is 0.00144. The van der Waals surface area contributed by atoms with Crippen LogP contribution in [0.4, 0.5) is 0 Å². The Balaban J connectivity index is 3.41. The van der Waals surface area contributed by atoms with Gasteiger partial charge in [0.1, 0.15) is 0 Å². The summed E-state index contributed by atoms with van der Waals surface area (Å²) < 4.78 is 5.45. The van der Waals surface area contributed by atoms with Crippen molar-refractivity contribution in [2.75, 3.05) is 13.2 Å². The van der Waals surface area contributed by atoms with E-state index < -0.39 is 12.1 Å². The van der Waals surface area contributed by atoms with Crippen molar-refractivity contribution in [3.05, 3.63) is 36.5 Å². The number of amides is 1. The number of ether oxygens (including phenoxy) is 1. The average molecular weight is 915 g/mol. The molecule has 0 aromatic rings. The second-order valence-corrected chi connectivity index (χ2v) is 19.6. The van der Waals surface area contributed by atoms with E-state index in [0.29, 0.717) is 19.4 Å². The third kappa shape index (κ3) is 51.3. The second-order valence-electron chi connectivity index (χ2n) is 19.6. The van der Waals surface area contributed by atoms with Crippen molar-refractivity contribution in [1.82, 2.24) is 5.32 Å². The zero-order valence-corrected chi connectivity index (χ0v) is 43.5. The molecule has 0 aliphatic rings. The lowest BCUT2D eigenvalue weighted by Crippen LogP contribution is -2.45. The molecule has 0 aliphatic carbocycles. The number of carbonyl (C=O) groups excluding carboxylic acids is 2. The smallest absolute Gasteiger partial charge is 0.305 e. The van der Waals surface area contributed by atoms with Gasteiger partial charge in [-0.15, -0.1) is 0 Å². The highest BCUT2D eigenvalue weighted by molar-refractivity contribution is 5.76. The molecule has 0 saturated heterocycles. The van der Waals surface area contributed by atoms with Crippen LogP contribution in [-0.4, -0.2) is 47.4 Å². The summed E-state index contributed by atoms with van der Waals surface area (Å²) in [6.45, 7) is 4.86. The highest BCUT2D eigenvalue weighted by atomic mass is 16.5. The number of nitrogens with one attached hydrogen (secondary N) is 1. The van der Waals surface area contributed by atoms with Crippen molar-refractivity contribution in [2.24, 2.45) is 0 Å². The molecule has 65 heavy (non-hydrogen) atoms. The maximum atomic E-state index is 12.4. The van der Waals surface area contributed by atoms with E-state index in [0.717, 1.165) is 44.9 Å². The fourth-order valence-corrected chi connectivity index (χ4v) is 8.67. The Morgan fingerprint density at radius 3 is 1.14 bits per heavy atom. The minimum atomic E-state index is -0.845. The topological polar surface area (TPSA) is 95.9 Å². The van der Waals surface area contributed by atoms with E-state index in [9.17, 15) is 19.8 Å². The first-order valence-electron chi connectivity index (χ1n) is 28.8. The van der Waals surface area contributed by atoms with E-state index in [4.69, 9.17) is 4.74 Å². The molecule has 3 N–H and O–H groups in total. The fourth-order valence-electron chi connectivity index (χ4n) is 8.67. The number of carbonyl (C=O) groups is 2. The Hall–Kier alpha value is -1.92. The van der Waals surface area contributed by atoms with Crippen LogP contribution in [-0.2, 0) is 14.3 Å². The van der Waals surface area contributed by atoms with E-state index in [2.05, 4.69) is 43.5 Å². The largest absolute Gasteiger partial charge is 0.466 e. The standard InChI is InChI=1S/C59H111NO5/c1-3-5-7-9-11-13-15-32-35-39-43-47-51-57(62)56(55-61)60-58(63)52-48-44-40-36-33-29-27-25-23-21-19-17-16-18-20-22-24-26-28-30-34-38-42-46-50-54-65-59(64)53-49-45-41-37-31-14-12-10-8-6-4-2/h10,12,17,19,47,51,56-57,61-62H,3-9,11,13-16,18,20-46,48-50,52-55H2,1-2H3,(H,60,63)/b12-10-,19-17-,51-47+. The molecule has 2 unspecified atom stereocenters. The summed E-state index contributed by atoms with van der Waals surface area (Å²) in [4.78, 5) is 24.4. The molecule has 0 rings (SSSR count). The van der Waals surface area contributed by atoms with Crippen molar-refractivity contribution in [2.45, 2.75) is 315 Å². The van der Waals surface area contributed by atoms with Crippen molar-refractivity contribution in [3.63, 3.8) is 0 Å². The third-order valence-corrected chi connectivity index (χ3v) is 13.1. The molecule has 0 aromatic carbocycles. The Kier molecular flexibility index (Phi) is 53.1. The predicted molar refractivity (Wildman–Crippen MR) is 283 cm³/mol. The number of esters is 1. The Labute approximate surface area is 404 Å². The monoisotopic (exact) mass is 914 g/mol. The number of rotatable bonds is 53. The number of hydrogen-bond acceptors (Lipinski definition) is 5. The maximum absolute atomic E-state index is 12.4. The summed E-state index contributed by atoms with van der Waals surface area (Å²) in [5.41, 5.74) is 0. The van der Waals surface area contributed by atoms with Gasteiger partial charge in [0.2, 0.25) is 5.91 Å². The van der Waals surface area contributed by atoms with Crippen LogP contribution >= 0.6 is 0 Å². The highest BCUT2D eigenvalue weighted by Gasteiger charge is 2.18. The summed E-state index contributed by atoms with van der Waals surface area (Å²) in [7, 11) is 0. The van der Waals surface area contributed by atoms with Crippen molar-refractivity contribution >= 4 is 11.9 Å². The van der Waals surface area contributed by atoms with Crippen LogP contribution in [0.2, 0.25) is 0 Å². The summed E-state index contributed by atoms with van der Waals surface area (Å²) >= 11 is 0. The molecule has 6 nitrogen and oxygen atoms in total. The minimum Gasteiger partial charge on any atom is -0.466 e. The van der Waals surface area contributed by atoms with E-state index in [1.807, 2.05) is 6.08 Å². The molecule has 0 saturated carbocycles. The lowest BCUT2D eigenvalue weighted by molar-refractivity contribution is -0.143. The van der Waals surface area contributed by atoms with Gasteiger partial charge in [-0.25, -0.2) is 0 Å². The van der Waals surface area contributed by atoms with Gasteiger partial charge in [-0.05, 0) is 77.0 Å². The average Bonchev–Trinajstić information content (AvgIpc) is 3.31. The third-order valence-electron chi connectivity index (χ3n) is 13.1. The Morgan fingerprint density at radius 2 is 0.738 bits per heavy atom. The molecular weight excluding hydrogens is 803 g/mol. The predicted octanol–water partition coefficient (Wildman–Crippen LogP) is 17.6. The molecule has 0 heterocycles. The van der Waals surface area contributed by atoms with Crippen molar-refractivity contribution < 1.29 is 24.5 Å². The van der Waals surface area contributed by atoms with Crippen LogP contribution in [0.3, 0.4) is 0 Å². The van der Waals surface area contributed by atoms with Crippen molar-refractivity contribution in [1.29, 1.82) is 0 Å². The van der Waals surface area contributed by atoms with E-state index in [1.54, 1.807) is 6.08 Å². The number of allylic oxidation sites excluding steroid dienone is 5.